The molecule has 0 amide bonds. The summed E-state index contributed by atoms with van der Waals surface area (Å²) in [5, 5.41) is 0. The van der Waals surface area contributed by atoms with Crippen LogP contribution < -0.4 is 0 Å². The van der Waals surface area contributed by atoms with Crippen molar-refractivity contribution in [1.29, 1.82) is 0 Å². The van der Waals surface area contributed by atoms with Gasteiger partial charge in [0.1, 0.15) is 0 Å². The van der Waals surface area contributed by atoms with Crippen LogP contribution in [-0.4, -0.2) is 23.8 Å². The van der Waals surface area contributed by atoms with Gasteiger partial charge in [0.15, 0.2) is 0 Å². The maximum Gasteiger partial charge on any atom is 0.202 e. The van der Waals surface area contributed by atoms with Gasteiger partial charge in [-0.15, -0.1) is 0 Å². The SMILES string of the molecule is CCCC(Br)C([C]=O)CCCCOC1CC[CH]CC1. The zero-order valence-corrected chi connectivity index (χ0v) is 13.7. The molecule has 0 saturated heterocycles. The van der Waals surface area contributed by atoms with Crippen molar-refractivity contribution in [2.75, 3.05) is 6.61 Å². The van der Waals surface area contributed by atoms with Gasteiger partial charge in [0.25, 0.3) is 0 Å². The summed E-state index contributed by atoms with van der Waals surface area (Å²) < 4.78 is 5.88. The highest BCUT2D eigenvalue weighted by atomic mass is 79.9. The van der Waals surface area contributed by atoms with Crippen LogP contribution in [0.1, 0.15) is 64.7 Å². The van der Waals surface area contributed by atoms with Gasteiger partial charge in [-0.1, -0.05) is 35.7 Å². The largest absolute Gasteiger partial charge is 0.378 e. The van der Waals surface area contributed by atoms with E-state index in [4.69, 9.17) is 4.74 Å². The van der Waals surface area contributed by atoms with Gasteiger partial charge < -0.3 is 4.74 Å². The second-order valence-electron chi connectivity index (χ2n) is 5.46. The Kier molecular flexibility index (Phi) is 9.80. The Bertz CT molecular complexity index is 227. The molecule has 2 atom stereocenters. The van der Waals surface area contributed by atoms with Crippen LogP contribution in [0.5, 0.6) is 0 Å². The Labute approximate surface area is 126 Å². The minimum Gasteiger partial charge on any atom is -0.378 e. The number of rotatable bonds is 10. The second kappa shape index (κ2) is 10.8. The fraction of sp³-hybridized carbons (Fsp3) is 0.875. The number of alkyl halides is 1. The van der Waals surface area contributed by atoms with Crippen LogP contribution in [0.2, 0.25) is 0 Å². The third-order valence-corrected chi connectivity index (χ3v) is 4.90. The van der Waals surface area contributed by atoms with Crippen molar-refractivity contribution in [3.05, 3.63) is 6.42 Å². The molecule has 0 bridgehead atoms. The molecule has 0 aromatic rings. The highest BCUT2D eigenvalue weighted by Crippen LogP contribution is 2.23. The molecule has 19 heavy (non-hydrogen) atoms. The molecule has 1 rings (SSSR count). The maximum atomic E-state index is 10.9. The molecule has 0 aromatic heterocycles. The van der Waals surface area contributed by atoms with Crippen LogP contribution in [0, 0.1) is 12.3 Å². The number of ether oxygens (including phenoxy) is 1. The van der Waals surface area contributed by atoms with Crippen LogP contribution in [0.4, 0.5) is 0 Å². The lowest BCUT2D eigenvalue weighted by Crippen LogP contribution is -2.18. The molecule has 0 N–H and O–H groups in total. The molecule has 0 aromatic carbocycles. The van der Waals surface area contributed by atoms with E-state index in [1.165, 1.54) is 25.7 Å². The number of carbonyl (C=O) groups excluding carboxylic acids is 1. The van der Waals surface area contributed by atoms with E-state index in [1.54, 1.807) is 0 Å². The minimum absolute atomic E-state index is 0.0456. The van der Waals surface area contributed by atoms with E-state index in [9.17, 15) is 4.79 Å². The van der Waals surface area contributed by atoms with Crippen molar-refractivity contribution < 1.29 is 9.53 Å². The van der Waals surface area contributed by atoms with Crippen LogP contribution in [-0.2, 0) is 9.53 Å². The summed E-state index contributed by atoms with van der Waals surface area (Å²) in [6.07, 6.45) is 15.0. The fourth-order valence-corrected chi connectivity index (χ4v) is 3.40. The summed E-state index contributed by atoms with van der Waals surface area (Å²) in [6, 6.07) is 0. The van der Waals surface area contributed by atoms with Crippen LogP contribution in [0.3, 0.4) is 0 Å². The van der Waals surface area contributed by atoms with Gasteiger partial charge in [-0.25, -0.2) is 0 Å². The van der Waals surface area contributed by atoms with Gasteiger partial charge in [-0.2, -0.15) is 0 Å². The highest BCUT2D eigenvalue weighted by molar-refractivity contribution is 9.09. The first-order valence-corrected chi connectivity index (χ1v) is 8.64. The molecule has 1 aliphatic carbocycles. The molecule has 1 saturated carbocycles. The first-order valence-electron chi connectivity index (χ1n) is 7.73. The summed E-state index contributed by atoms with van der Waals surface area (Å²) in [4.78, 5) is 11.2. The van der Waals surface area contributed by atoms with Crippen LogP contribution in [0.25, 0.3) is 0 Å². The molecule has 0 heterocycles. The first-order chi connectivity index (χ1) is 9.27. The van der Waals surface area contributed by atoms with Gasteiger partial charge in [0, 0.05) is 17.4 Å². The smallest absolute Gasteiger partial charge is 0.202 e. The number of halogens is 1. The maximum absolute atomic E-state index is 10.9. The average Bonchev–Trinajstić information content (AvgIpc) is 2.44. The molecule has 0 spiro atoms. The molecule has 1 aliphatic rings. The third kappa shape index (κ3) is 7.45. The Morgan fingerprint density at radius 2 is 2.05 bits per heavy atom. The minimum atomic E-state index is 0.0456. The van der Waals surface area contributed by atoms with Crippen LogP contribution in [0.15, 0.2) is 0 Å². The molecule has 0 aliphatic heterocycles. The number of hydrogen-bond donors (Lipinski definition) is 0. The summed E-state index contributed by atoms with van der Waals surface area (Å²) >= 11 is 3.60. The number of unbranched alkanes of at least 4 members (excludes halogenated alkanes) is 1. The molecule has 1 fully saturated rings. The highest BCUT2D eigenvalue weighted by Gasteiger charge is 2.18. The van der Waals surface area contributed by atoms with Crippen molar-refractivity contribution in [1.82, 2.24) is 0 Å². The summed E-state index contributed by atoms with van der Waals surface area (Å²) in [7, 11) is 0. The summed E-state index contributed by atoms with van der Waals surface area (Å²) in [6.45, 7) is 2.99. The van der Waals surface area contributed by atoms with Crippen molar-refractivity contribution in [3.8, 4) is 0 Å². The molecule has 110 valence electrons. The lowest BCUT2D eigenvalue weighted by Gasteiger charge is -2.22. The molecular formula is C16H27BrO2. The van der Waals surface area contributed by atoms with Gasteiger partial charge in [0.2, 0.25) is 6.29 Å². The van der Waals surface area contributed by atoms with Crippen LogP contribution >= 0.6 is 15.9 Å². The van der Waals surface area contributed by atoms with E-state index in [-0.39, 0.29) is 5.92 Å². The van der Waals surface area contributed by atoms with Crippen molar-refractivity contribution in [3.63, 3.8) is 0 Å². The van der Waals surface area contributed by atoms with E-state index >= 15 is 0 Å². The van der Waals surface area contributed by atoms with E-state index in [0.717, 1.165) is 38.7 Å². The van der Waals surface area contributed by atoms with Gasteiger partial charge in [-0.05, 0) is 51.4 Å². The molecule has 3 heteroatoms. The van der Waals surface area contributed by atoms with E-state index in [2.05, 4.69) is 35.6 Å². The summed E-state index contributed by atoms with van der Waals surface area (Å²) in [5.41, 5.74) is 0. The standard InChI is InChI=1S/C16H27BrO2/c1-2-8-16(17)14(13-18)9-6-7-12-19-15-10-4-3-5-11-15/h3,14-16H,2,4-12H2,1H3. The third-order valence-electron chi connectivity index (χ3n) is 3.80. The predicted octanol–water partition coefficient (Wildman–Crippen LogP) is 4.61. The lowest BCUT2D eigenvalue weighted by atomic mass is 9.97. The monoisotopic (exact) mass is 330 g/mol. The summed E-state index contributed by atoms with van der Waals surface area (Å²) in [5.74, 6) is 0.0456. The van der Waals surface area contributed by atoms with Crippen molar-refractivity contribution in [2.45, 2.75) is 75.6 Å². The van der Waals surface area contributed by atoms with E-state index in [1.807, 2.05) is 0 Å². The van der Waals surface area contributed by atoms with Crippen molar-refractivity contribution >= 4 is 22.2 Å². The topological polar surface area (TPSA) is 26.3 Å². The first kappa shape index (κ1) is 17.2. The Morgan fingerprint density at radius 1 is 1.32 bits per heavy atom. The zero-order valence-electron chi connectivity index (χ0n) is 12.1. The Morgan fingerprint density at radius 3 is 2.68 bits per heavy atom. The molecule has 2 unspecified atom stereocenters. The van der Waals surface area contributed by atoms with Gasteiger partial charge >= 0.3 is 0 Å². The van der Waals surface area contributed by atoms with Crippen molar-refractivity contribution in [2.24, 2.45) is 5.92 Å². The molecule has 2 radical (unpaired) electrons. The van der Waals surface area contributed by atoms with E-state index in [0.29, 0.717) is 10.9 Å². The normalized spacial score (nSPS) is 20.1. The lowest BCUT2D eigenvalue weighted by molar-refractivity contribution is 0.0324. The second-order valence-corrected chi connectivity index (χ2v) is 6.64. The van der Waals surface area contributed by atoms with E-state index < -0.39 is 0 Å². The number of hydrogen-bond acceptors (Lipinski definition) is 2. The Balaban J connectivity index is 2.03. The molecular weight excluding hydrogens is 304 g/mol. The quantitative estimate of drug-likeness (QED) is 0.432. The fourth-order valence-electron chi connectivity index (χ4n) is 2.57. The molecule has 2 nitrogen and oxygen atoms in total. The van der Waals surface area contributed by atoms with Gasteiger partial charge in [-0.3, -0.25) is 4.79 Å². The predicted molar refractivity (Wildman–Crippen MR) is 83.2 cm³/mol. The Hall–Kier alpha value is 0.110. The average molecular weight is 331 g/mol. The van der Waals surface area contributed by atoms with Gasteiger partial charge in [0.05, 0.1) is 6.10 Å². The zero-order chi connectivity index (χ0) is 13.9.